The van der Waals surface area contributed by atoms with Crippen LogP contribution in [-0.2, 0) is 0 Å². The van der Waals surface area contributed by atoms with Crippen LogP contribution in [-0.4, -0.2) is 43.1 Å². The van der Waals surface area contributed by atoms with Gasteiger partial charge in [-0.3, -0.25) is 4.79 Å². The van der Waals surface area contributed by atoms with E-state index in [1.54, 1.807) is 4.68 Å². The quantitative estimate of drug-likeness (QED) is 0.422. The van der Waals surface area contributed by atoms with Crippen molar-refractivity contribution in [3.05, 3.63) is 81.7 Å². The van der Waals surface area contributed by atoms with E-state index in [4.69, 9.17) is 11.6 Å². The number of halogens is 3. The third-order valence-corrected chi connectivity index (χ3v) is 4.62. The lowest BCUT2D eigenvalue weighted by Gasteiger charge is -2.11. The van der Waals surface area contributed by atoms with E-state index in [2.05, 4.69) is 31.3 Å². The number of para-hydroxylation sites is 1. The Labute approximate surface area is 179 Å². The number of aromatic nitrogens is 6. The van der Waals surface area contributed by atoms with Gasteiger partial charge in [0.2, 0.25) is 5.95 Å². The smallest absolute Gasteiger partial charge is 0.292 e. The minimum atomic E-state index is -0.924. The van der Waals surface area contributed by atoms with E-state index in [9.17, 15) is 13.6 Å². The first-order valence-electron chi connectivity index (χ1n) is 9.09. The molecule has 0 aliphatic carbocycles. The van der Waals surface area contributed by atoms with Crippen LogP contribution >= 0.6 is 11.6 Å². The maximum atomic E-state index is 14.0. The normalized spacial score (nSPS) is 10.8. The fourth-order valence-electron chi connectivity index (χ4n) is 2.79. The lowest BCUT2D eigenvalue weighted by molar-refractivity contribution is 0.571. The Hall–Kier alpha value is -3.86. The van der Waals surface area contributed by atoms with Crippen molar-refractivity contribution in [1.82, 2.24) is 30.0 Å². The maximum Gasteiger partial charge on any atom is 0.292 e. The van der Waals surface area contributed by atoms with E-state index in [-0.39, 0.29) is 16.4 Å². The highest BCUT2D eigenvalue weighted by molar-refractivity contribution is 6.32. The predicted octanol–water partition coefficient (Wildman–Crippen LogP) is 2.66. The summed E-state index contributed by atoms with van der Waals surface area (Å²) in [5.41, 5.74) is 0.133. The van der Waals surface area contributed by atoms with Crippen LogP contribution in [0.1, 0.15) is 0 Å². The molecule has 2 aromatic carbocycles. The van der Waals surface area contributed by atoms with Gasteiger partial charge in [-0.05, 0) is 34.7 Å². The Morgan fingerprint density at radius 3 is 2.55 bits per heavy atom. The largest absolute Gasteiger partial charge is 0.381 e. The lowest BCUT2D eigenvalue weighted by atomic mass is 10.3. The van der Waals surface area contributed by atoms with Crippen molar-refractivity contribution in [2.75, 3.05) is 23.7 Å². The molecule has 0 spiro atoms. The minimum absolute atomic E-state index is 0.173. The Balaban J connectivity index is 1.42. The van der Waals surface area contributed by atoms with Crippen molar-refractivity contribution >= 4 is 23.2 Å². The molecule has 0 saturated heterocycles. The number of tetrazole rings is 1. The van der Waals surface area contributed by atoms with Crippen molar-refractivity contribution in [2.24, 2.45) is 0 Å². The maximum absolute atomic E-state index is 14.0. The van der Waals surface area contributed by atoms with E-state index in [0.29, 0.717) is 25.1 Å². The highest BCUT2D eigenvalue weighted by Gasteiger charge is 2.14. The van der Waals surface area contributed by atoms with Crippen LogP contribution in [0.15, 0.2) is 59.5 Å². The number of nitrogens with one attached hydrogen (secondary N) is 2. The third-order valence-electron chi connectivity index (χ3n) is 4.25. The second kappa shape index (κ2) is 8.88. The molecule has 0 aliphatic heterocycles. The molecule has 0 fully saturated rings. The van der Waals surface area contributed by atoms with Gasteiger partial charge in [0.05, 0.1) is 17.6 Å². The van der Waals surface area contributed by atoms with Crippen LogP contribution in [0.25, 0.3) is 11.4 Å². The molecule has 0 saturated carbocycles. The number of hydrogen-bond acceptors (Lipinski definition) is 7. The molecule has 12 heteroatoms. The van der Waals surface area contributed by atoms with E-state index in [1.807, 2.05) is 30.3 Å². The Morgan fingerprint density at radius 1 is 1.00 bits per heavy atom. The number of nitrogens with zero attached hydrogens (tertiary/aromatic N) is 6. The molecule has 2 aromatic heterocycles. The highest BCUT2D eigenvalue weighted by atomic mass is 35.5. The first-order valence-corrected chi connectivity index (χ1v) is 9.47. The monoisotopic (exact) mass is 444 g/mol. The van der Waals surface area contributed by atoms with Crippen molar-refractivity contribution in [1.29, 1.82) is 0 Å². The summed E-state index contributed by atoms with van der Waals surface area (Å²) in [4.78, 5) is 12.5. The summed E-state index contributed by atoms with van der Waals surface area (Å²) in [7, 11) is 0. The molecule has 158 valence electrons. The van der Waals surface area contributed by atoms with Crippen molar-refractivity contribution in [2.45, 2.75) is 0 Å². The fourth-order valence-corrected chi connectivity index (χ4v) is 2.99. The molecule has 31 heavy (non-hydrogen) atoms. The van der Waals surface area contributed by atoms with Crippen molar-refractivity contribution < 1.29 is 8.78 Å². The van der Waals surface area contributed by atoms with Crippen molar-refractivity contribution in [3.63, 3.8) is 0 Å². The van der Waals surface area contributed by atoms with Gasteiger partial charge >= 0.3 is 0 Å². The summed E-state index contributed by atoms with van der Waals surface area (Å²) in [6, 6.07) is 12.2. The summed E-state index contributed by atoms with van der Waals surface area (Å²) >= 11 is 6.13. The molecule has 2 N–H and O–H groups in total. The number of hydrogen-bond donors (Lipinski definition) is 2. The van der Waals surface area contributed by atoms with E-state index < -0.39 is 17.2 Å². The Kier molecular flexibility index (Phi) is 5.85. The zero-order valence-corrected chi connectivity index (χ0v) is 16.6. The average Bonchev–Trinajstić information content (AvgIpc) is 3.24. The van der Waals surface area contributed by atoms with Gasteiger partial charge in [0.1, 0.15) is 16.5 Å². The lowest BCUT2D eigenvalue weighted by Crippen LogP contribution is -2.24. The molecule has 0 aliphatic rings. The second-order valence-corrected chi connectivity index (χ2v) is 6.67. The van der Waals surface area contributed by atoms with E-state index in [1.165, 1.54) is 6.20 Å². The molecular formula is C19H15ClF2N8O. The van der Waals surface area contributed by atoms with Crippen LogP contribution < -0.4 is 16.2 Å². The summed E-state index contributed by atoms with van der Waals surface area (Å²) < 4.78 is 29.4. The fraction of sp³-hybridized carbons (Fsp3) is 0.105. The van der Waals surface area contributed by atoms with Gasteiger partial charge in [0, 0.05) is 19.2 Å². The number of benzene rings is 2. The predicted molar refractivity (Wildman–Crippen MR) is 111 cm³/mol. The van der Waals surface area contributed by atoms with Crippen LogP contribution in [0, 0.1) is 11.6 Å². The first kappa shape index (κ1) is 20.4. The topological polar surface area (TPSA) is 103 Å². The van der Waals surface area contributed by atoms with Gasteiger partial charge < -0.3 is 10.6 Å². The van der Waals surface area contributed by atoms with Crippen LogP contribution in [0.4, 0.5) is 20.4 Å². The van der Waals surface area contributed by atoms with Gasteiger partial charge in [-0.1, -0.05) is 34.9 Å². The van der Waals surface area contributed by atoms with Gasteiger partial charge in [-0.15, -0.1) is 0 Å². The molecule has 0 atom stereocenters. The number of rotatable bonds is 7. The summed E-state index contributed by atoms with van der Waals surface area (Å²) in [6.45, 7) is 0.761. The molecule has 0 unspecified atom stereocenters. The molecule has 4 rings (SSSR count). The van der Waals surface area contributed by atoms with Gasteiger partial charge in [-0.2, -0.15) is 14.5 Å². The SMILES string of the molecule is O=c1c(Cl)c(NCCNc2nnnn2-c2ccccc2)cnn1-c1ccc(F)cc1F. The van der Waals surface area contributed by atoms with Gasteiger partial charge in [-0.25, -0.2) is 8.78 Å². The molecule has 0 radical (unpaired) electrons. The molecule has 0 amide bonds. The van der Waals surface area contributed by atoms with E-state index >= 15 is 0 Å². The molecule has 9 nitrogen and oxygen atoms in total. The first-order chi connectivity index (χ1) is 15.0. The van der Waals surface area contributed by atoms with E-state index in [0.717, 1.165) is 22.5 Å². The Bertz CT molecular complexity index is 1260. The van der Waals surface area contributed by atoms with Crippen LogP contribution in [0.3, 0.4) is 0 Å². The molecule has 4 aromatic rings. The summed E-state index contributed by atoms with van der Waals surface area (Å²) in [6.07, 6.45) is 1.29. The van der Waals surface area contributed by atoms with Gasteiger partial charge in [0.15, 0.2) is 5.82 Å². The average molecular weight is 445 g/mol. The zero-order chi connectivity index (χ0) is 21.8. The zero-order valence-electron chi connectivity index (χ0n) is 15.8. The third kappa shape index (κ3) is 4.36. The van der Waals surface area contributed by atoms with Crippen molar-refractivity contribution in [3.8, 4) is 11.4 Å². The minimum Gasteiger partial charge on any atom is -0.381 e. The Morgan fingerprint density at radius 2 is 1.77 bits per heavy atom. The van der Waals surface area contributed by atoms with Crippen LogP contribution in [0.5, 0.6) is 0 Å². The summed E-state index contributed by atoms with van der Waals surface area (Å²) in [5.74, 6) is -1.24. The highest BCUT2D eigenvalue weighted by Crippen LogP contribution is 2.18. The summed E-state index contributed by atoms with van der Waals surface area (Å²) in [5, 5.41) is 21.3. The number of anilines is 2. The molecular weight excluding hydrogens is 430 g/mol. The molecule has 2 heterocycles. The van der Waals surface area contributed by atoms with Gasteiger partial charge in [0.25, 0.3) is 5.56 Å². The van der Waals surface area contributed by atoms with Crippen LogP contribution in [0.2, 0.25) is 5.02 Å². The second-order valence-electron chi connectivity index (χ2n) is 6.29. The standard InChI is InChI=1S/C19H15ClF2N8O/c20-17-15(11-25-30(18(17)31)16-7-6-12(21)10-14(16)22)23-8-9-24-19-26-27-28-29(19)13-4-2-1-3-5-13/h1-7,10-11,23H,8-9H2,(H,24,26,28). The molecule has 0 bridgehead atoms.